The Bertz CT molecular complexity index is 342. The quantitative estimate of drug-likeness (QED) is 0.339. The van der Waals surface area contributed by atoms with Crippen molar-refractivity contribution in [3.8, 4) is 0 Å². The van der Waals surface area contributed by atoms with Crippen LogP contribution >= 0.6 is 12.2 Å². The molecule has 0 bridgehead atoms. The van der Waals surface area contributed by atoms with Crippen LogP contribution in [0.3, 0.4) is 0 Å². The van der Waals surface area contributed by atoms with E-state index in [2.05, 4.69) is 20.8 Å². The molecule has 0 saturated carbocycles. The molecule has 1 heterocycles. The highest BCUT2D eigenvalue weighted by Crippen LogP contribution is 1.89. The Balaban J connectivity index is 2.24. The van der Waals surface area contributed by atoms with E-state index in [1.165, 1.54) is 0 Å². The van der Waals surface area contributed by atoms with E-state index in [1.807, 2.05) is 12.1 Å². The van der Waals surface area contributed by atoms with E-state index in [1.54, 1.807) is 25.7 Å². The molecule has 2 N–H and O–H groups in total. The topological polar surface area (TPSA) is 58.5 Å². The van der Waals surface area contributed by atoms with Crippen LogP contribution in [-0.4, -0.2) is 36.6 Å². The van der Waals surface area contributed by atoms with Crippen molar-refractivity contribution in [3.05, 3.63) is 30.1 Å². The summed E-state index contributed by atoms with van der Waals surface area (Å²) in [5.41, 5.74) is 3.61. The molecule has 0 aromatic carbocycles. The summed E-state index contributed by atoms with van der Waals surface area (Å²) in [6.45, 7) is 1.26. The van der Waals surface area contributed by atoms with Gasteiger partial charge in [0.1, 0.15) is 0 Å². The van der Waals surface area contributed by atoms with Crippen LogP contribution in [0.5, 0.6) is 0 Å². The van der Waals surface area contributed by atoms with E-state index in [9.17, 15) is 0 Å². The summed E-state index contributed by atoms with van der Waals surface area (Å²) in [7, 11) is 1.64. The second kappa shape index (κ2) is 7.72. The first-order chi connectivity index (χ1) is 7.83. The Morgan fingerprint density at radius 2 is 2.56 bits per heavy atom. The number of nitrogens with one attached hydrogen (secondary N) is 2. The fourth-order valence-corrected chi connectivity index (χ4v) is 1.08. The predicted octanol–water partition coefficient (Wildman–Crippen LogP) is 0.526. The molecular weight excluding hydrogens is 224 g/mol. The highest BCUT2D eigenvalue weighted by molar-refractivity contribution is 7.80. The number of hydrogen-bond acceptors (Lipinski definition) is 4. The number of methoxy groups -OCH3 is 1. The lowest BCUT2D eigenvalue weighted by Gasteiger charge is -2.05. The molecule has 0 fully saturated rings. The molecule has 0 aliphatic rings. The van der Waals surface area contributed by atoms with Crippen molar-refractivity contribution in [1.29, 1.82) is 0 Å². The second-order valence-corrected chi connectivity index (χ2v) is 3.31. The fraction of sp³-hybridized carbons (Fsp3) is 0.300. The van der Waals surface area contributed by atoms with Crippen molar-refractivity contribution in [2.75, 3.05) is 20.3 Å². The number of thiocarbonyl (C=S) groups is 1. The first-order valence-electron chi connectivity index (χ1n) is 4.79. The van der Waals surface area contributed by atoms with Crippen molar-refractivity contribution in [2.45, 2.75) is 0 Å². The maximum atomic E-state index is 4.98. The zero-order chi connectivity index (χ0) is 11.6. The van der Waals surface area contributed by atoms with Crippen LogP contribution in [-0.2, 0) is 4.74 Å². The molecule has 0 saturated heterocycles. The molecule has 1 aromatic heterocycles. The van der Waals surface area contributed by atoms with Crippen molar-refractivity contribution < 1.29 is 4.74 Å². The summed E-state index contributed by atoms with van der Waals surface area (Å²) < 4.78 is 4.87. The van der Waals surface area contributed by atoms with Crippen LogP contribution in [0.4, 0.5) is 0 Å². The van der Waals surface area contributed by atoms with E-state index in [0.717, 1.165) is 5.56 Å². The van der Waals surface area contributed by atoms with E-state index >= 15 is 0 Å². The van der Waals surface area contributed by atoms with Crippen LogP contribution < -0.4 is 10.7 Å². The molecule has 0 radical (unpaired) electrons. The minimum atomic E-state index is 0.470. The predicted molar refractivity (Wildman–Crippen MR) is 67.4 cm³/mol. The van der Waals surface area contributed by atoms with Gasteiger partial charge in [-0.1, -0.05) is 6.07 Å². The van der Waals surface area contributed by atoms with Gasteiger partial charge in [-0.2, -0.15) is 5.10 Å². The molecular formula is C10H14N4OS. The number of aromatic nitrogens is 1. The molecule has 16 heavy (non-hydrogen) atoms. The zero-order valence-corrected chi connectivity index (χ0v) is 9.83. The summed E-state index contributed by atoms with van der Waals surface area (Å²) in [6.07, 6.45) is 5.07. The molecule has 1 rings (SSSR count). The molecule has 86 valence electrons. The SMILES string of the molecule is COCCNC(=S)N/N=C\c1cccnc1. The Kier molecular flexibility index (Phi) is 6.05. The number of hydrogen-bond donors (Lipinski definition) is 2. The minimum Gasteiger partial charge on any atom is -0.383 e. The average Bonchev–Trinajstić information content (AvgIpc) is 2.31. The highest BCUT2D eigenvalue weighted by Gasteiger charge is 1.91. The van der Waals surface area contributed by atoms with Gasteiger partial charge in [0.15, 0.2) is 5.11 Å². The Morgan fingerprint density at radius 1 is 1.69 bits per heavy atom. The summed E-state index contributed by atoms with van der Waals surface area (Å²) in [5.74, 6) is 0. The molecule has 0 unspecified atom stereocenters. The number of nitrogens with zero attached hydrogens (tertiary/aromatic N) is 2. The number of ether oxygens (including phenoxy) is 1. The summed E-state index contributed by atoms with van der Waals surface area (Å²) in [4.78, 5) is 3.96. The summed E-state index contributed by atoms with van der Waals surface area (Å²) in [6, 6.07) is 3.75. The van der Waals surface area contributed by atoms with Gasteiger partial charge in [0.2, 0.25) is 0 Å². The van der Waals surface area contributed by atoms with Crippen molar-refractivity contribution in [3.63, 3.8) is 0 Å². The maximum absolute atomic E-state index is 4.98. The van der Waals surface area contributed by atoms with E-state index < -0.39 is 0 Å². The molecule has 6 heteroatoms. The van der Waals surface area contributed by atoms with E-state index in [-0.39, 0.29) is 0 Å². The summed E-state index contributed by atoms with van der Waals surface area (Å²) >= 11 is 4.98. The number of pyridine rings is 1. The van der Waals surface area contributed by atoms with Gasteiger partial charge in [0.25, 0.3) is 0 Å². The van der Waals surface area contributed by atoms with Crippen LogP contribution in [0.1, 0.15) is 5.56 Å². The largest absolute Gasteiger partial charge is 0.383 e. The third kappa shape index (κ3) is 5.38. The highest BCUT2D eigenvalue weighted by atomic mass is 32.1. The normalized spacial score (nSPS) is 10.3. The third-order valence-electron chi connectivity index (χ3n) is 1.66. The number of hydrazone groups is 1. The average molecular weight is 238 g/mol. The van der Waals surface area contributed by atoms with Crippen LogP contribution in [0.15, 0.2) is 29.6 Å². The maximum Gasteiger partial charge on any atom is 0.187 e. The molecule has 0 atom stereocenters. The molecule has 0 spiro atoms. The van der Waals surface area contributed by atoms with Gasteiger partial charge in [0.05, 0.1) is 12.8 Å². The Morgan fingerprint density at radius 3 is 3.25 bits per heavy atom. The lowest BCUT2D eigenvalue weighted by atomic mass is 10.3. The van der Waals surface area contributed by atoms with Crippen LogP contribution in [0.2, 0.25) is 0 Å². The molecule has 0 aliphatic heterocycles. The van der Waals surface area contributed by atoms with Crippen LogP contribution in [0.25, 0.3) is 0 Å². The van der Waals surface area contributed by atoms with Crippen molar-refractivity contribution in [2.24, 2.45) is 5.10 Å². The molecule has 1 aromatic rings. The Hall–Kier alpha value is -1.53. The van der Waals surface area contributed by atoms with Crippen molar-refractivity contribution >= 4 is 23.5 Å². The third-order valence-corrected chi connectivity index (χ3v) is 1.89. The lowest BCUT2D eigenvalue weighted by Crippen LogP contribution is -2.34. The first kappa shape index (κ1) is 12.5. The molecule has 0 aliphatic carbocycles. The van der Waals surface area contributed by atoms with Gasteiger partial charge in [-0.3, -0.25) is 10.4 Å². The lowest BCUT2D eigenvalue weighted by molar-refractivity contribution is 0.204. The van der Waals surface area contributed by atoms with Crippen LogP contribution in [0, 0.1) is 0 Å². The first-order valence-corrected chi connectivity index (χ1v) is 5.19. The minimum absolute atomic E-state index is 0.470. The van der Waals surface area contributed by atoms with Crippen molar-refractivity contribution in [1.82, 2.24) is 15.7 Å². The fourth-order valence-electron chi connectivity index (χ4n) is 0.924. The second-order valence-electron chi connectivity index (χ2n) is 2.91. The Labute approximate surface area is 99.9 Å². The van der Waals surface area contributed by atoms with Gasteiger partial charge in [-0.15, -0.1) is 0 Å². The van der Waals surface area contributed by atoms with Gasteiger partial charge in [-0.25, -0.2) is 0 Å². The van der Waals surface area contributed by atoms with Gasteiger partial charge in [0, 0.05) is 31.6 Å². The number of rotatable bonds is 5. The van der Waals surface area contributed by atoms with Gasteiger partial charge >= 0.3 is 0 Å². The smallest absolute Gasteiger partial charge is 0.187 e. The van der Waals surface area contributed by atoms with Gasteiger partial charge < -0.3 is 10.1 Å². The molecule has 0 amide bonds. The zero-order valence-electron chi connectivity index (χ0n) is 9.01. The standard InChI is InChI=1S/C10H14N4OS/c1-15-6-5-12-10(16)14-13-8-9-3-2-4-11-7-9/h2-4,7-8H,5-6H2,1H3,(H2,12,14,16)/b13-8-. The summed E-state index contributed by atoms with van der Waals surface area (Å²) in [5, 5.41) is 7.37. The van der Waals surface area contributed by atoms with E-state index in [0.29, 0.717) is 18.3 Å². The molecule has 5 nitrogen and oxygen atoms in total. The van der Waals surface area contributed by atoms with E-state index in [4.69, 9.17) is 17.0 Å². The monoisotopic (exact) mass is 238 g/mol. The van der Waals surface area contributed by atoms with Gasteiger partial charge in [-0.05, 0) is 18.3 Å².